The van der Waals surface area contributed by atoms with Crippen molar-refractivity contribution >= 4 is 11.8 Å². The van der Waals surface area contributed by atoms with E-state index in [1.54, 1.807) is 12.1 Å². The maximum Gasteiger partial charge on any atom is 0.490 e. The van der Waals surface area contributed by atoms with Crippen LogP contribution < -0.4 is 5.73 Å². The molecule has 2 atom stereocenters. The molecule has 9 heteroatoms. The molecule has 1 saturated heterocycles. The highest BCUT2D eigenvalue weighted by molar-refractivity contribution is 5.97. The molecule has 2 aliphatic rings. The molecule has 1 aromatic carbocycles. The molecule has 5 nitrogen and oxygen atoms in total. The number of halogens is 4. The molecule has 1 aliphatic heterocycles. The predicted octanol–water partition coefficient (Wildman–Crippen LogP) is 2.95. The van der Waals surface area contributed by atoms with Gasteiger partial charge in [0.1, 0.15) is 5.82 Å². The van der Waals surface area contributed by atoms with E-state index in [0.29, 0.717) is 5.56 Å². The maximum absolute atomic E-state index is 12.9. The Morgan fingerprint density at radius 3 is 2.07 bits per heavy atom. The van der Waals surface area contributed by atoms with Gasteiger partial charge >= 0.3 is 12.1 Å². The fourth-order valence-electron chi connectivity index (χ4n) is 3.38. The monoisotopic (exact) mass is 404 g/mol. The Morgan fingerprint density at radius 1 is 1.11 bits per heavy atom. The first-order valence-electron chi connectivity index (χ1n) is 9.14. The number of hydrogen-bond acceptors (Lipinski definition) is 4. The second kappa shape index (κ2) is 9.47. The van der Waals surface area contributed by atoms with Crippen LogP contribution in [-0.4, -0.2) is 54.1 Å². The van der Waals surface area contributed by atoms with Crippen molar-refractivity contribution < 1.29 is 32.3 Å². The van der Waals surface area contributed by atoms with Crippen LogP contribution in [0.5, 0.6) is 0 Å². The lowest BCUT2D eigenvalue weighted by Crippen LogP contribution is -2.37. The van der Waals surface area contributed by atoms with Crippen LogP contribution in [0.2, 0.25) is 0 Å². The van der Waals surface area contributed by atoms with Crippen molar-refractivity contribution in [3.63, 3.8) is 0 Å². The summed E-state index contributed by atoms with van der Waals surface area (Å²) in [6.45, 7) is 3.93. The van der Waals surface area contributed by atoms with Crippen molar-refractivity contribution in [2.45, 2.75) is 25.4 Å². The van der Waals surface area contributed by atoms with E-state index in [2.05, 4.69) is 4.90 Å². The van der Waals surface area contributed by atoms with E-state index in [-0.39, 0.29) is 17.5 Å². The van der Waals surface area contributed by atoms with Crippen molar-refractivity contribution in [2.24, 2.45) is 23.5 Å². The molecule has 156 valence electrons. The highest BCUT2D eigenvalue weighted by Crippen LogP contribution is 2.38. The number of carboxylic acids is 1. The van der Waals surface area contributed by atoms with Gasteiger partial charge in [-0.15, -0.1) is 0 Å². The van der Waals surface area contributed by atoms with Crippen LogP contribution in [0.4, 0.5) is 17.6 Å². The van der Waals surface area contributed by atoms with Gasteiger partial charge in [0.15, 0.2) is 5.78 Å². The molecule has 0 spiro atoms. The van der Waals surface area contributed by atoms with Crippen LogP contribution in [0.25, 0.3) is 0 Å². The minimum absolute atomic E-state index is 0.0937. The number of Topliss-reactive ketones (excluding diaryl/α,β-unsaturated/α-hetero) is 1. The van der Waals surface area contributed by atoms with Gasteiger partial charge < -0.3 is 15.7 Å². The summed E-state index contributed by atoms with van der Waals surface area (Å²) in [4.78, 5) is 23.8. The van der Waals surface area contributed by atoms with E-state index < -0.39 is 12.1 Å². The normalized spacial score (nSPS) is 22.9. The predicted molar refractivity (Wildman–Crippen MR) is 94.2 cm³/mol. The Bertz CT molecular complexity index is 671. The third-order valence-electron chi connectivity index (χ3n) is 5.19. The first-order valence-corrected chi connectivity index (χ1v) is 9.14. The third-order valence-corrected chi connectivity index (χ3v) is 5.19. The minimum Gasteiger partial charge on any atom is -0.475 e. The molecule has 0 amide bonds. The number of rotatable bonds is 5. The topological polar surface area (TPSA) is 83.6 Å². The smallest absolute Gasteiger partial charge is 0.475 e. The summed E-state index contributed by atoms with van der Waals surface area (Å²) in [6, 6.07) is 5.92. The highest BCUT2D eigenvalue weighted by atomic mass is 19.4. The van der Waals surface area contributed by atoms with Gasteiger partial charge in [0, 0.05) is 18.0 Å². The Kier molecular flexibility index (Phi) is 7.54. The van der Waals surface area contributed by atoms with Crippen molar-refractivity contribution in [1.82, 2.24) is 4.90 Å². The van der Waals surface area contributed by atoms with Crippen LogP contribution in [-0.2, 0) is 4.79 Å². The number of aliphatic carboxylic acids is 1. The molecule has 28 heavy (non-hydrogen) atoms. The number of nitrogens with zero attached hydrogens (tertiary/aromatic N) is 1. The number of nitrogens with two attached hydrogens (primary N) is 1. The Labute approximate surface area is 160 Å². The van der Waals surface area contributed by atoms with Gasteiger partial charge in [0.05, 0.1) is 0 Å². The van der Waals surface area contributed by atoms with E-state index in [9.17, 15) is 22.4 Å². The zero-order chi connectivity index (χ0) is 20.9. The largest absolute Gasteiger partial charge is 0.490 e. The van der Waals surface area contributed by atoms with Crippen molar-refractivity contribution in [3.8, 4) is 0 Å². The Morgan fingerprint density at radius 2 is 1.64 bits per heavy atom. The first-order chi connectivity index (χ1) is 13.1. The summed E-state index contributed by atoms with van der Waals surface area (Å²) in [6.07, 6.45) is -1.99. The number of hydrogen-bond donors (Lipinski definition) is 2. The van der Waals surface area contributed by atoms with Crippen molar-refractivity contribution in [2.75, 3.05) is 26.2 Å². The molecule has 1 aromatic rings. The molecular weight excluding hydrogens is 380 g/mol. The summed E-state index contributed by atoms with van der Waals surface area (Å²) in [5, 5.41) is 7.12. The summed E-state index contributed by atoms with van der Waals surface area (Å²) in [5.74, 6) is -1.28. The van der Waals surface area contributed by atoms with Gasteiger partial charge in [-0.1, -0.05) is 0 Å². The molecule has 1 heterocycles. The Hall–Kier alpha value is -2.00. The number of carbonyl (C=O) groups is 2. The molecule has 0 radical (unpaired) electrons. The number of likely N-dealkylation sites (tertiary alicyclic amines) is 1. The third kappa shape index (κ3) is 6.56. The molecular formula is C19H24F4N2O3. The number of carbonyl (C=O) groups excluding carboxylic acids is 1. The fourth-order valence-corrected chi connectivity index (χ4v) is 3.38. The van der Waals surface area contributed by atoms with E-state index >= 15 is 0 Å². The number of alkyl halides is 3. The van der Waals surface area contributed by atoms with Crippen LogP contribution in [0, 0.1) is 23.6 Å². The number of benzene rings is 1. The van der Waals surface area contributed by atoms with E-state index in [1.165, 1.54) is 18.6 Å². The lowest BCUT2D eigenvalue weighted by atomic mass is 9.89. The Balaban J connectivity index is 0.000000345. The quantitative estimate of drug-likeness (QED) is 0.582. The van der Waals surface area contributed by atoms with E-state index in [1.807, 2.05) is 0 Å². The average molecular weight is 404 g/mol. The minimum atomic E-state index is -5.08. The molecule has 2 fully saturated rings. The molecule has 1 saturated carbocycles. The average Bonchev–Trinajstić information content (AvgIpc) is 3.40. The molecule has 3 rings (SSSR count). The van der Waals surface area contributed by atoms with Gasteiger partial charge in [-0.3, -0.25) is 4.79 Å². The van der Waals surface area contributed by atoms with Gasteiger partial charge in [0.2, 0.25) is 0 Å². The lowest BCUT2D eigenvalue weighted by molar-refractivity contribution is -0.192. The fraction of sp³-hybridized carbons (Fsp3) is 0.579. The van der Waals surface area contributed by atoms with Crippen LogP contribution in [0.3, 0.4) is 0 Å². The van der Waals surface area contributed by atoms with Crippen molar-refractivity contribution in [1.29, 1.82) is 0 Å². The molecule has 3 N–H and O–H groups in total. The molecule has 0 bridgehead atoms. The standard InChI is InChI=1S/C17H23FN2O.C2HF3O2/c18-16-3-1-12(2-4-16)17(21)13-5-7-20(8-6-13)11-15-9-14(15)10-19;3-2(4,5)1(6)7/h1-4,13-15H,5-11,19H2;(H,6,7)/t14-,15-;/m0./s1. The zero-order valence-electron chi connectivity index (χ0n) is 15.3. The summed E-state index contributed by atoms with van der Waals surface area (Å²) < 4.78 is 44.6. The first kappa shape index (κ1) is 22.3. The van der Waals surface area contributed by atoms with Gasteiger partial charge in [-0.2, -0.15) is 13.2 Å². The van der Waals surface area contributed by atoms with Crippen LogP contribution >= 0.6 is 0 Å². The molecule has 0 unspecified atom stereocenters. The van der Waals surface area contributed by atoms with Crippen LogP contribution in [0.15, 0.2) is 24.3 Å². The molecule has 1 aliphatic carbocycles. The van der Waals surface area contributed by atoms with E-state index in [0.717, 1.165) is 50.9 Å². The van der Waals surface area contributed by atoms with Gasteiger partial charge in [-0.05, 0) is 75.0 Å². The van der Waals surface area contributed by atoms with Gasteiger partial charge in [-0.25, -0.2) is 9.18 Å². The second-order valence-corrected chi connectivity index (χ2v) is 7.24. The summed E-state index contributed by atoms with van der Waals surface area (Å²) >= 11 is 0. The number of piperidine rings is 1. The molecule has 0 aromatic heterocycles. The number of carboxylic acid groups (broad SMARTS) is 1. The summed E-state index contributed by atoms with van der Waals surface area (Å²) in [7, 11) is 0. The second-order valence-electron chi connectivity index (χ2n) is 7.24. The summed E-state index contributed by atoms with van der Waals surface area (Å²) in [5.41, 5.74) is 6.32. The zero-order valence-corrected chi connectivity index (χ0v) is 15.3. The highest BCUT2D eigenvalue weighted by Gasteiger charge is 2.38. The van der Waals surface area contributed by atoms with Crippen molar-refractivity contribution in [3.05, 3.63) is 35.6 Å². The van der Waals surface area contributed by atoms with Gasteiger partial charge in [0.25, 0.3) is 0 Å². The number of ketones is 1. The van der Waals surface area contributed by atoms with Crippen LogP contribution in [0.1, 0.15) is 29.6 Å². The lowest BCUT2D eigenvalue weighted by Gasteiger charge is -2.31. The van der Waals surface area contributed by atoms with E-state index in [4.69, 9.17) is 15.6 Å². The SMILES string of the molecule is NC[C@@H]1C[C@H]1CN1CCC(C(=O)c2ccc(F)cc2)CC1.O=C(O)C(F)(F)F. The maximum atomic E-state index is 12.9.